The molecule has 0 aliphatic carbocycles. The van der Waals surface area contributed by atoms with Crippen molar-refractivity contribution in [3.8, 4) is 6.07 Å². The molecular weight excluding hydrogens is 243 g/mol. The molecule has 0 amide bonds. The highest BCUT2D eigenvalue weighted by Crippen LogP contribution is 2.22. The van der Waals surface area contributed by atoms with Gasteiger partial charge in [-0.2, -0.15) is 5.26 Å². The topological polar surface area (TPSA) is 56.0 Å². The van der Waals surface area contributed by atoms with Crippen molar-refractivity contribution < 1.29 is 9.50 Å². The standard InChI is InChI=1S/C15H21FN2O/c1-15(2,3)14(6-7-19)18-10-11-4-5-13(16)12(8-11)9-17/h4-5,8,14,18-19H,6-7,10H2,1-3H3. The van der Waals surface area contributed by atoms with Crippen LogP contribution in [0.4, 0.5) is 4.39 Å². The lowest BCUT2D eigenvalue weighted by atomic mass is 9.85. The maximum atomic E-state index is 13.2. The zero-order chi connectivity index (χ0) is 14.5. The zero-order valence-electron chi connectivity index (χ0n) is 11.7. The number of nitriles is 1. The third kappa shape index (κ3) is 4.62. The molecule has 3 nitrogen and oxygen atoms in total. The smallest absolute Gasteiger partial charge is 0.140 e. The van der Waals surface area contributed by atoms with Gasteiger partial charge in [-0.05, 0) is 29.5 Å². The van der Waals surface area contributed by atoms with Gasteiger partial charge in [0.15, 0.2) is 0 Å². The molecule has 2 N–H and O–H groups in total. The highest BCUT2D eigenvalue weighted by Gasteiger charge is 2.23. The quantitative estimate of drug-likeness (QED) is 0.859. The number of benzene rings is 1. The molecule has 0 fully saturated rings. The van der Waals surface area contributed by atoms with Crippen LogP contribution in [0.15, 0.2) is 18.2 Å². The van der Waals surface area contributed by atoms with Crippen molar-refractivity contribution in [3.63, 3.8) is 0 Å². The Hall–Kier alpha value is -1.44. The van der Waals surface area contributed by atoms with E-state index in [1.165, 1.54) is 6.07 Å². The lowest BCUT2D eigenvalue weighted by molar-refractivity contribution is 0.196. The maximum absolute atomic E-state index is 13.2. The first kappa shape index (κ1) is 15.6. The van der Waals surface area contributed by atoms with E-state index in [0.717, 1.165) is 5.56 Å². The van der Waals surface area contributed by atoms with Gasteiger partial charge in [0.25, 0.3) is 0 Å². The van der Waals surface area contributed by atoms with E-state index in [9.17, 15) is 4.39 Å². The van der Waals surface area contributed by atoms with Gasteiger partial charge in [0, 0.05) is 19.2 Å². The Morgan fingerprint density at radius 1 is 1.42 bits per heavy atom. The monoisotopic (exact) mass is 264 g/mol. The van der Waals surface area contributed by atoms with Gasteiger partial charge in [-0.15, -0.1) is 0 Å². The molecule has 1 atom stereocenters. The fourth-order valence-electron chi connectivity index (χ4n) is 1.98. The number of halogens is 1. The normalized spacial score (nSPS) is 13.1. The third-order valence-corrected chi connectivity index (χ3v) is 3.17. The molecule has 104 valence electrons. The average molecular weight is 264 g/mol. The van der Waals surface area contributed by atoms with Gasteiger partial charge in [0.05, 0.1) is 5.56 Å². The summed E-state index contributed by atoms with van der Waals surface area (Å²) >= 11 is 0. The molecule has 19 heavy (non-hydrogen) atoms. The van der Waals surface area contributed by atoms with E-state index in [4.69, 9.17) is 10.4 Å². The Bertz CT molecular complexity index is 460. The van der Waals surface area contributed by atoms with Crippen LogP contribution >= 0.6 is 0 Å². The summed E-state index contributed by atoms with van der Waals surface area (Å²) in [5.74, 6) is -0.492. The van der Waals surface area contributed by atoms with Crippen molar-refractivity contribution in [2.45, 2.75) is 39.8 Å². The van der Waals surface area contributed by atoms with Gasteiger partial charge < -0.3 is 10.4 Å². The van der Waals surface area contributed by atoms with Crippen LogP contribution in [0.2, 0.25) is 0 Å². The van der Waals surface area contributed by atoms with E-state index < -0.39 is 5.82 Å². The number of hydrogen-bond acceptors (Lipinski definition) is 3. The second kappa shape index (κ2) is 6.65. The maximum Gasteiger partial charge on any atom is 0.140 e. The van der Waals surface area contributed by atoms with Gasteiger partial charge >= 0.3 is 0 Å². The lowest BCUT2D eigenvalue weighted by Gasteiger charge is -2.31. The van der Waals surface area contributed by atoms with Gasteiger partial charge in [-0.3, -0.25) is 0 Å². The number of rotatable bonds is 5. The molecule has 1 rings (SSSR count). The number of nitrogens with zero attached hydrogens (tertiary/aromatic N) is 1. The van der Waals surface area contributed by atoms with E-state index in [2.05, 4.69) is 26.1 Å². The number of aliphatic hydroxyl groups is 1. The summed E-state index contributed by atoms with van der Waals surface area (Å²) in [5.41, 5.74) is 0.958. The van der Waals surface area contributed by atoms with Gasteiger partial charge in [0.2, 0.25) is 0 Å². The first-order valence-electron chi connectivity index (χ1n) is 6.41. The fourth-order valence-corrected chi connectivity index (χ4v) is 1.98. The van der Waals surface area contributed by atoms with Crippen LogP contribution in [0.5, 0.6) is 0 Å². The lowest BCUT2D eigenvalue weighted by Crippen LogP contribution is -2.40. The van der Waals surface area contributed by atoms with Crippen LogP contribution in [0.25, 0.3) is 0 Å². The van der Waals surface area contributed by atoms with Crippen LogP contribution < -0.4 is 5.32 Å². The molecule has 4 heteroatoms. The van der Waals surface area contributed by atoms with Crippen molar-refractivity contribution in [2.24, 2.45) is 5.41 Å². The number of hydrogen-bond donors (Lipinski definition) is 2. The van der Waals surface area contributed by atoms with Crippen LogP contribution in [0, 0.1) is 22.6 Å². The molecule has 0 saturated carbocycles. The minimum atomic E-state index is -0.492. The highest BCUT2D eigenvalue weighted by atomic mass is 19.1. The van der Waals surface area contributed by atoms with Gasteiger partial charge in [0.1, 0.15) is 11.9 Å². The molecular formula is C15H21FN2O. The molecule has 0 saturated heterocycles. The minimum absolute atomic E-state index is 0.0286. The fraction of sp³-hybridized carbons (Fsp3) is 0.533. The first-order chi connectivity index (χ1) is 8.88. The van der Waals surface area contributed by atoms with Crippen LogP contribution in [0.1, 0.15) is 38.3 Å². The molecule has 1 aromatic carbocycles. The van der Waals surface area contributed by atoms with E-state index >= 15 is 0 Å². The Labute approximate surface area is 114 Å². The molecule has 0 aromatic heterocycles. The molecule has 0 bridgehead atoms. The summed E-state index contributed by atoms with van der Waals surface area (Å²) in [7, 11) is 0. The van der Waals surface area contributed by atoms with Crippen molar-refractivity contribution >= 4 is 0 Å². The highest BCUT2D eigenvalue weighted by molar-refractivity contribution is 5.34. The summed E-state index contributed by atoms with van der Waals surface area (Å²) in [6.45, 7) is 6.99. The summed E-state index contributed by atoms with van der Waals surface area (Å²) in [5, 5.41) is 21.2. The van der Waals surface area contributed by atoms with Gasteiger partial charge in [-0.25, -0.2) is 4.39 Å². The molecule has 0 aliphatic heterocycles. The second-order valence-corrected chi connectivity index (χ2v) is 5.74. The van der Waals surface area contributed by atoms with Crippen LogP contribution in [-0.2, 0) is 6.54 Å². The summed E-state index contributed by atoms with van der Waals surface area (Å²) in [4.78, 5) is 0. The van der Waals surface area contributed by atoms with Crippen molar-refractivity contribution in [2.75, 3.05) is 6.61 Å². The zero-order valence-corrected chi connectivity index (χ0v) is 11.7. The molecule has 0 spiro atoms. The van der Waals surface area contributed by atoms with Crippen molar-refractivity contribution in [1.82, 2.24) is 5.32 Å². The Morgan fingerprint density at radius 2 is 2.11 bits per heavy atom. The van der Waals surface area contributed by atoms with E-state index in [1.807, 2.05) is 6.07 Å². The molecule has 0 radical (unpaired) electrons. The summed E-state index contributed by atoms with van der Waals surface area (Å²) in [6, 6.07) is 6.53. The largest absolute Gasteiger partial charge is 0.396 e. The first-order valence-corrected chi connectivity index (χ1v) is 6.41. The van der Waals surface area contributed by atoms with Crippen molar-refractivity contribution in [3.05, 3.63) is 35.1 Å². The average Bonchev–Trinajstić information content (AvgIpc) is 2.34. The third-order valence-electron chi connectivity index (χ3n) is 3.17. The Morgan fingerprint density at radius 3 is 2.63 bits per heavy atom. The predicted molar refractivity (Wildman–Crippen MR) is 72.9 cm³/mol. The molecule has 1 unspecified atom stereocenters. The predicted octanol–water partition coefficient (Wildman–Crippen LogP) is 2.58. The summed E-state index contributed by atoms with van der Waals surface area (Å²) in [6.07, 6.45) is 0.663. The van der Waals surface area contributed by atoms with Gasteiger partial charge in [-0.1, -0.05) is 26.8 Å². The van der Waals surface area contributed by atoms with Crippen LogP contribution in [-0.4, -0.2) is 17.8 Å². The molecule has 1 aromatic rings. The number of nitrogens with one attached hydrogen (secondary N) is 1. The Balaban J connectivity index is 2.72. The SMILES string of the molecule is CC(C)(C)C(CCO)NCc1ccc(F)c(C#N)c1. The Kier molecular flexibility index (Phi) is 5.46. The molecule has 0 aliphatic rings. The second-order valence-electron chi connectivity index (χ2n) is 5.74. The number of aliphatic hydroxyl groups excluding tert-OH is 1. The molecule has 0 heterocycles. The minimum Gasteiger partial charge on any atom is -0.396 e. The van der Waals surface area contributed by atoms with E-state index in [-0.39, 0.29) is 23.6 Å². The summed E-state index contributed by atoms with van der Waals surface area (Å²) < 4.78 is 13.2. The van der Waals surface area contributed by atoms with Crippen molar-refractivity contribution in [1.29, 1.82) is 5.26 Å². The van der Waals surface area contributed by atoms with E-state index in [0.29, 0.717) is 13.0 Å². The van der Waals surface area contributed by atoms with Crippen LogP contribution in [0.3, 0.4) is 0 Å². The van der Waals surface area contributed by atoms with E-state index in [1.54, 1.807) is 12.1 Å².